The van der Waals surface area contributed by atoms with Gasteiger partial charge in [0.05, 0.1) is 21.3 Å². The van der Waals surface area contributed by atoms with E-state index in [1.165, 1.54) is 21.3 Å². The van der Waals surface area contributed by atoms with Crippen molar-refractivity contribution in [3.8, 4) is 17.2 Å². The number of ether oxygens (including phenoxy) is 4. The molecule has 1 aliphatic heterocycles. The van der Waals surface area contributed by atoms with E-state index in [9.17, 15) is 4.79 Å². The van der Waals surface area contributed by atoms with Crippen LogP contribution in [-0.4, -0.2) is 33.2 Å². The predicted molar refractivity (Wildman–Crippen MR) is 87.9 cm³/mol. The van der Waals surface area contributed by atoms with Crippen LogP contribution >= 0.6 is 0 Å². The fourth-order valence-electron chi connectivity index (χ4n) is 2.53. The van der Waals surface area contributed by atoms with E-state index in [0.717, 1.165) is 5.56 Å². The van der Waals surface area contributed by atoms with E-state index in [2.05, 4.69) is 4.99 Å². The average Bonchev–Trinajstić information content (AvgIpc) is 3.02. The maximum Gasteiger partial charge on any atom is 0.342 e. The molecular weight excluding hydrogens is 310 g/mol. The van der Waals surface area contributed by atoms with Crippen LogP contribution in [0.1, 0.15) is 17.2 Å². The zero-order valence-corrected chi connectivity index (χ0v) is 13.6. The van der Waals surface area contributed by atoms with Gasteiger partial charge >= 0.3 is 5.97 Å². The molecule has 0 spiro atoms. The lowest BCUT2D eigenvalue weighted by molar-refractivity contribution is -0.135. The smallest absolute Gasteiger partial charge is 0.342 e. The number of hydrogen-bond acceptors (Lipinski definition) is 6. The summed E-state index contributed by atoms with van der Waals surface area (Å²) in [5, 5.41) is 0. The first-order valence-corrected chi connectivity index (χ1v) is 7.32. The number of methoxy groups -OCH3 is 3. The van der Waals surface area contributed by atoms with Gasteiger partial charge in [0.1, 0.15) is 0 Å². The van der Waals surface area contributed by atoms with Crippen molar-refractivity contribution in [2.45, 2.75) is 6.04 Å². The van der Waals surface area contributed by atoms with Crippen LogP contribution in [0.25, 0.3) is 0 Å². The highest BCUT2D eigenvalue weighted by Gasteiger charge is 2.32. The molecule has 0 radical (unpaired) electrons. The molecule has 6 nitrogen and oxygen atoms in total. The van der Waals surface area contributed by atoms with Gasteiger partial charge < -0.3 is 18.9 Å². The molecule has 0 bridgehead atoms. The number of aliphatic imine (C=N–C) groups is 1. The second kappa shape index (κ2) is 6.62. The van der Waals surface area contributed by atoms with E-state index in [1.807, 2.05) is 30.3 Å². The molecule has 0 aliphatic carbocycles. The first kappa shape index (κ1) is 15.9. The summed E-state index contributed by atoms with van der Waals surface area (Å²) in [5.41, 5.74) is 1.36. The van der Waals surface area contributed by atoms with Gasteiger partial charge in [0.25, 0.3) is 0 Å². The molecule has 3 rings (SSSR count). The molecule has 0 saturated carbocycles. The third-order valence-electron chi connectivity index (χ3n) is 3.69. The molecule has 124 valence electrons. The lowest BCUT2D eigenvalue weighted by atomic mass is 10.1. The fraction of sp³-hybridized carbons (Fsp3) is 0.222. The van der Waals surface area contributed by atoms with Gasteiger partial charge in [0.15, 0.2) is 17.5 Å². The van der Waals surface area contributed by atoms with E-state index in [1.54, 1.807) is 12.1 Å². The van der Waals surface area contributed by atoms with E-state index < -0.39 is 12.0 Å². The molecule has 24 heavy (non-hydrogen) atoms. The van der Waals surface area contributed by atoms with Crippen LogP contribution in [0.2, 0.25) is 0 Å². The summed E-state index contributed by atoms with van der Waals surface area (Å²) in [4.78, 5) is 16.6. The maximum absolute atomic E-state index is 12.2. The first-order chi connectivity index (χ1) is 11.7. The molecule has 6 heteroatoms. The molecule has 0 aromatic heterocycles. The van der Waals surface area contributed by atoms with Gasteiger partial charge in [-0.05, 0) is 17.7 Å². The summed E-state index contributed by atoms with van der Waals surface area (Å²) in [6.45, 7) is 0. The first-order valence-electron chi connectivity index (χ1n) is 7.32. The Kier molecular flexibility index (Phi) is 4.37. The van der Waals surface area contributed by atoms with E-state index in [4.69, 9.17) is 18.9 Å². The van der Waals surface area contributed by atoms with Crippen molar-refractivity contribution in [2.24, 2.45) is 4.99 Å². The number of benzene rings is 2. The standard InChI is InChI=1S/C18H17NO5/c1-21-13-9-12(10-14(22-2)16(13)23-3)17-19-15(18(20)24-17)11-7-5-4-6-8-11/h4-10,15H,1-3H3. The third-order valence-corrected chi connectivity index (χ3v) is 3.69. The maximum atomic E-state index is 12.2. The predicted octanol–water partition coefficient (Wildman–Crippen LogP) is 2.76. The quantitative estimate of drug-likeness (QED) is 0.790. The Bertz CT molecular complexity index is 760. The monoisotopic (exact) mass is 327 g/mol. The molecule has 0 amide bonds. The second-order valence-corrected chi connectivity index (χ2v) is 5.08. The SMILES string of the molecule is COc1cc(C2=NC(c3ccccc3)C(=O)O2)cc(OC)c1OC. The Balaban J connectivity index is 2.02. The zero-order chi connectivity index (χ0) is 17.1. The Hall–Kier alpha value is -3.02. The van der Waals surface area contributed by atoms with Crippen molar-refractivity contribution in [1.82, 2.24) is 0 Å². The zero-order valence-electron chi connectivity index (χ0n) is 13.6. The van der Waals surface area contributed by atoms with Crippen molar-refractivity contribution in [3.05, 3.63) is 53.6 Å². The van der Waals surface area contributed by atoms with Crippen LogP contribution in [0.3, 0.4) is 0 Å². The van der Waals surface area contributed by atoms with Crippen molar-refractivity contribution < 1.29 is 23.7 Å². The molecule has 0 N–H and O–H groups in total. The van der Waals surface area contributed by atoms with Gasteiger partial charge in [-0.2, -0.15) is 0 Å². The molecule has 2 aromatic carbocycles. The minimum absolute atomic E-state index is 0.230. The molecule has 1 aliphatic rings. The van der Waals surface area contributed by atoms with Crippen LogP contribution in [0.4, 0.5) is 0 Å². The van der Waals surface area contributed by atoms with Crippen molar-refractivity contribution >= 4 is 11.9 Å². The number of cyclic esters (lactones) is 1. The van der Waals surface area contributed by atoms with Gasteiger partial charge in [0, 0.05) is 5.56 Å². The average molecular weight is 327 g/mol. The van der Waals surface area contributed by atoms with Crippen molar-refractivity contribution in [2.75, 3.05) is 21.3 Å². The summed E-state index contributed by atoms with van der Waals surface area (Å²) < 4.78 is 21.3. The fourth-order valence-corrected chi connectivity index (χ4v) is 2.53. The van der Waals surface area contributed by atoms with Gasteiger partial charge in [-0.3, -0.25) is 0 Å². The Labute approximate surface area is 139 Å². The molecule has 0 saturated heterocycles. The lowest BCUT2D eigenvalue weighted by Crippen LogP contribution is -2.09. The number of esters is 1. The van der Waals surface area contributed by atoms with Gasteiger partial charge in [-0.25, -0.2) is 9.79 Å². The third kappa shape index (κ3) is 2.78. The highest BCUT2D eigenvalue weighted by Crippen LogP contribution is 2.39. The normalized spacial score (nSPS) is 16.4. The second-order valence-electron chi connectivity index (χ2n) is 5.08. The summed E-state index contributed by atoms with van der Waals surface area (Å²) in [6.07, 6.45) is 0. The summed E-state index contributed by atoms with van der Waals surface area (Å²) in [6, 6.07) is 12.0. The summed E-state index contributed by atoms with van der Waals surface area (Å²) in [7, 11) is 4.57. The summed E-state index contributed by atoms with van der Waals surface area (Å²) >= 11 is 0. The van der Waals surface area contributed by atoms with Crippen molar-refractivity contribution in [1.29, 1.82) is 0 Å². The van der Waals surface area contributed by atoms with Crippen LogP contribution in [0, 0.1) is 0 Å². The Morgan fingerprint density at radius 1 is 0.958 bits per heavy atom. The van der Waals surface area contributed by atoms with Gasteiger partial charge in [-0.1, -0.05) is 30.3 Å². The number of carbonyl (C=O) groups is 1. The highest BCUT2D eigenvalue weighted by atomic mass is 16.6. The number of rotatable bonds is 5. The van der Waals surface area contributed by atoms with Crippen LogP contribution in [0.5, 0.6) is 17.2 Å². The molecular formula is C18H17NO5. The van der Waals surface area contributed by atoms with Crippen molar-refractivity contribution in [3.63, 3.8) is 0 Å². The molecule has 2 aromatic rings. The summed E-state index contributed by atoms with van der Waals surface area (Å²) in [5.74, 6) is 1.22. The highest BCUT2D eigenvalue weighted by molar-refractivity contribution is 6.07. The molecule has 1 atom stereocenters. The van der Waals surface area contributed by atoms with E-state index in [0.29, 0.717) is 22.8 Å². The number of nitrogens with zero attached hydrogens (tertiary/aromatic N) is 1. The van der Waals surface area contributed by atoms with Gasteiger partial charge in [-0.15, -0.1) is 0 Å². The molecule has 0 fully saturated rings. The Morgan fingerprint density at radius 2 is 1.58 bits per heavy atom. The van der Waals surface area contributed by atoms with Crippen LogP contribution in [-0.2, 0) is 9.53 Å². The lowest BCUT2D eigenvalue weighted by Gasteiger charge is -2.13. The number of carbonyl (C=O) groups excluding carboxylic acids is 1. The minimum atomic E-state index is -0.666. The van der Waals surface area contributed by atoms with Crippen LogP contribution < -0.4 is 14.2 Å². The topological polar surface area (TPSA) is 66.4 Å². The largest absolute Gasteiger partial charge is 0.493 e. The van der Waals surface area contributed by atoms with Gasteiger partial charge in [0.2, 0.25) is 11.6 Å². The van der Waals surface area contributed by atoms with E-state index >= 15 is 0 Å². The molecule has 1 heterocycles. The number of hydrogen-bond donors (Lipinski definition) is 0. The Morgan fingerprint density at radius 3 is 2.12 bits per heavy atom. The van der Waals surface area contributed by atoms with Crippen LogP contribution in [0.15, 0.2) is 47.5 Å². The minimum Gasteiger partial charge on any atom is -0.493 e. The molecule has 1 unspecified atom stereocenters. The van der Waals surface area contributed by atoms with E-state index in [-0.39, 0.29) is 5.90 Å².